The Morgan fingerprint density at radius 1 is 1.03 bits per heavy atom. The summed E-state index contributed by atoms with van der Waals surface area (Å²) < 4.78 is 15.8. The number of nitrogens with zero attached hydrogens (tertiary/aromatic N) is 4. The number of pyridine rings is 1. The number of aryl methyl sites for hydroxylation is 3. The predicted molar refractivity (Wildman–Crippen MR) is 114 cm³/mol. The fraction of sp³-hybridized carbons (Fsp3) is 0.208. The van der Waals surface area contributed by atoms with Crippen LogP contribution in [0.5, 0.6) is 0 Å². The summed E-state index contributed by atoms with van der Waals surface area (Å²) in [6, 6.07) is 14.2. The van der Waals surface area contributed by atoms with Crippen LogP contribution in [0, 0.1) is 26.2 Å². The summed E-state index contributed by atoms with van der Waals surface area (Å²) in [7, 11) is 0. The molecule has 4 aromatic rings. The average Bonchev–Trinajstić information content (AvgIpc) is 3.06. The third-order valence-electron chi connectivity index (χ3n) is 5.10. The molecule has 0 bridgehead atoms. The molecule has 0 saturated heterocycles. The molecule has 0 saturated carbocycles. The van der Waals surface area contributed by atoms with Crippen LogP contribution in [0.1, 0.15) is 29.6 Å². The highest BCUT2D eigenvalue weighted by Gasteiger charge is 2.14. The van der Waals surface area contributed by atoms with Gasteiger partial charge in [-0.3, -0.25) is 0 Å². The number of imidazole rings is 1. The number of aromatic nitrogens is 3. The molecule has 0 spiro atoms. The molecule has 144 valence electrons. The Kier molecular flexibility index (Phi) is 4.85. The maximum atomic E-state index is 13.7. The van der Waals surface area contributed by atoms with Crippen molar-refractivity contribution in [3.63, 3.8) is 0 Å². The first-order valence-electron chi connectivity index (χ1n) is 9.60. The molecule has 0 fully saturated rings. The zero-order valence-electron chi connectivity index (χ0n) is 16.7. The van der Waals surface area contributed by atoms with E-state index in [9.17, 15) is 4.39 Å². The SMILES string of the molecule is [C-]#[N+]c1ccc(F)cc1-c1ccc(Cn2c(CC)nc3c(C)cc(C)nc32)cc1. The van der Waals surface area contributed by atoms with Gasteiger partial charge in [-0.2, -0.15) is 0 Å². The van der Waals surface area contributed by atoms with Crippen molar-refractivity contribution in [2.45, 2.75) is 33.7 Å². The molecule has 0 aliphatic carbocycles. The molecule has 0 radical (unpaired) electrons. The zero-order chi connectivity index (χ0) is 20.5. The maximum absolute atomic E-state index is 13.7. The van der Waals surface area contributed by atoms with E-state index in [-0.39, 0.29) is 5.82 Å². The number of fused-ring (bicyclic) bond motifs is 1. The molecular formula is C24H21FN4. The number of halogens is 1. The van der Waals surface area contributed by atoms with E-state index in [2.05, 4.69) is 29.3 Å². The second kappa shape index (κ2) is 7.48. The quantitative estimate of drug-likeness (QED) is 0.404. The minimum Gasteiger partial charge on any atom is -0.308 e. The second-order valence-corrected chi connectivity index (χ2v) is 7.19. The highest BCUT2D eigenvalue weighted by atomic mass is 19.1. The summed E-state index contributed by atoms with van der Waals surface area (Å²) in [4.78, 5) is 13.0. The van der Waals surface area contributed by atoms with Crippen molar-refractivity contribution in [2.24, 2.45) is 0 Å². The molecule has 4 rings (SSSR count). The lowest BCUT2D eigenvalue weighted by atomic mass is 10.0. The molecule has 0 amide bonds. The highest BCUT2D eigenvalue weighted by molar-refractivity contribution is 5.79. The largest absolute Gasteiger partial charge is 0.308 e. The van der Waals surface area contributed by atoms with E-state index in [0.29, 0.717) is 17.8 Å². The molecule has 0 aliphatic rings. The van der Waals surface area contributed by atoms with Gasteiger partial charge in [-0.05, 0) is 54.3 Å². The van der Waals surface area contributed by atoms with Gasteiger partial charge in [-0.15, -0.1) is 0 Å². The fourth-order valence-electron chi connectivity index (χ4n) is 3.69. The van der Waals surface area contributed by atoms with E-state index in [1.165, 1.54) is 18.2 Å². The Labute approximate surface area is 169 Å². The van der Waals surface area contributed by atoms with Gasteiger partial charge in [0.2, 0.25) is 0 Å². The van der Waals surface area contributed by atoms with E-state index in [1.807, 2.05) is 31.2 Å². The van der Waals surface area contributed by atoms with Crippen LogP contribution in [0.25, 0.3) is 27.1 Å². The lowest BCUT2D eigenvalue weighted by Crippen LogP contribution is -2.05. The molecule has 5 heteroatoms. The van der Waals surface area contributed by atoms with E-state index >= 15 is 0 Å². The van der Waals surface area contributed by atoms with Crippen LogP contribution in [0.3, 0.4) is 0 Å². The van der Waals surface area contributed by atoms with Crippen molar-refractivity contribution in [3.8, 4) is 11.1 Å². The molecule has 4 nitrogen and oxygen atoms in total. The Balaban J connectivity index is 1.72. The highest BCUT2D eigenvalue weighted by Crippen LogP contribution is 2.31. The van der Waals surface area contributed by atoms with Gasteiger partial charge in [0.25, 0.3) is 0 Å². The molecule has 0 unspecified atom stereocenters. The van der Waals surface area contributed by atoms with E-state index in [1.54, 1.807) is 0 Å². The van der Waals surface area contributed by atoms with E-state index in [0.717, 1.165) is 45.8 Å². The van der Waals surface area contributed by atoms with Gasteiger partial charge in [-0.25, -0.2) is 19.2 Å². The van der Waals surface area contributed by atoms with Gasteiger partial charge >= 0.3 is 0 Å². The average molecular weight is 384 g/mol. The van der Waals surface area contributed by atoms with Crippen LogP contribution >= 0.6 is 0 Å². The van der Waals surface area contributed by atoms with Crippen molar-refractivity contribution < 1.29 is 4.39 Å². The van der Waals surface area contributed by atoms with Crippen LogP contribution in [0.2, 0.25) is 0 Å². The topological polar surface area (TPSA) is 35.1 Å². The summed E-state index contributed by atoms with van der Waals surface area (Å²) in [6.07, 6.45) is 0.824. The van der Waals surface area contributed by atoms with Gasteiger partial charge in [0.05, 0.1) is 13.1 Å². The van der Waals surface area contributed by atoms with Crippen molar-refractivity contribution >= 4 is 16.9 Å². The normalized spacial score (nSPS) is 11.0. The smallest absolute Gasteiger partial charge is 0.195 e. The molecule has 29 heavy (non-hydrogen) atoms. The number of hydrogen-bond acceptors (Lipinski definition) is 2. The summed E-state index contributed by atoms with van der Waals surface area (Å²) in [5.41, 5.74) is 6.96. The first-order chi connectivity index (χ1) is 14.0. The van der Waals surface area contributed by atoms with Gasteiger partial charge in [0.1, 0.15) is 17.2 Å². The third kappa shape index (κ3) is 3.50. The van der Waals surface area contributed by atoms with Crippen molar-refractivity contribution in [1.82, 2.24) is 14.5 Å². The van der Waals surface area contributed by atoms with E-state index in [4.69, 9.17) is 16.5 Å². The molecule has 0 aliphatic heterocycles. The summed E-state index contributed by atoms with van der Waals surface area (Å²) in [6.45, 7) is 14.1. The van der Waals surface area contributed by atoms with Gasteiger partial charge in [0, 0.05) is 12.1 Å². The van der Waals surface area contributed by atoms with Crippen LogP contribution in [-0.2, 0) is 13.0 Å². The lowest BCUT2D eigenvalue weighted by Gasteiger charge is -2.10. The standard InChI is InChI=1S/C24H21FN4/c1-5-22-28-23-15(2)12-16(3)27-24(23)29(22)14-17-6-8-18(9-7-17)20-13-19(25)10-11-21(20)26-4/h6-13H,5,14H2,1-3H3. The number of hydrogen-bond donors (Lipinski definition) is 0. The molecular weight excluding hydrogens is 363 g/mol. The molecule has 2 aromatic carbocycles. The Morgan fingerprint density at radius 2 is 1.79 bits per heavy atom. The summed E-state index contributed by atoms with van der Waals surface area (Å²) in [5, 5.41) is 0. The van der Waals surface area contributed by atoms with Gasteiger partial charge < -0.3 is 4.57 Å². The third-order valence-corrected chi connectivity index (χ3v) is 5.10. The fourth-order valence-corrected chi connectivity index (χ4v) is 3.69. The van der Waals surface area contributed by atoms with Crippen molar-refractivity contribution in [3.05, 3.63) is 88.4 Å². The minimum atomic E-state index is -0.342. The van der Waals surface area contributed by atoms with Crippen LogP contribution < -0.4 is 0 Å². The molecule has 2 heterocycles. The second-order valence-electron chi connectivity index (χ2n) is 7.19. The Morgan fingerprint density at radius 3 is 2.48 bits per heavy atom. The first kappa shape index (κ1) is 18.8. The Hall–Kier alpha value is -3.52. The lowest BCUT2D eigenvalue weighted by molar-refractivity contribution is 0.628. The van der Waals surface area contributed by atoms with Crippen molar-refractivity contribution in [1.29, 1.82) is 0 Å². The van der Waals surface area contributed by atoms with Crippen LogP contribution in [-0.4, -0.2) is 14.5 Å². The molecule has 2 aromatic heterocycles. The van der Waals surface area contributed by atoms with Gasteiger partial charge in [-0.1, -0.05) is 37.3 Å². The minimum absolute atomic E-state index is 0.342. The number of benzene rings is 2. The maximum Gasteiger partial charge on any atom is 0.195 e. The monoisotopic (exact) mass is 384 g/mol. The molecule has 0 N–H and O–H groups in total. The summed E-state index contributed by atoms with van der Waals surface area (Å²) in [5.74, 6) is 0.663. The van der Waals surface area contributed by atoms with Gasteiger partial charge in [0.15, 0.2) is 11.3 Å². The van der Waals surface area contributed by atoms with E-state index < -0.39 is 0 Å². The number of rotatable bonds is 4. The molecule has 0 atom stereocenters. The van der Waals surface area contributed by atoms with Crippen molar-refractivity contribution in [2.75, 3.05) is 0 Å². The predicted octanol–water partition coefficient (Wildman–Crippen LogP) is 6.02. The summed E-state index contributed by atoms with van der Waals surface area (Å²) >= 11 is 0. The Bertz CT molecular complexity index is 1250. The first-order valence-corrected chi connectivity index (χ1v) is 9.60. The van der Waals surface area contributed by atoms with Crippen LogP contribution in [0.15, 0.2) is 48.5 Å². The van der Waals surface area contributed by atoms with Crippen LogP contribution in [0.4, 0.5) is 10.1 Å². The zero-order valence-corrected chi connectivity index (χ0v) is 16.7.